The van der Waals surface area contributed by atoms with E-state index in [0.29, 0.717) is 23.6 Å². The van der Waals surface area contributed by atoms with E-state index in [1.165, 1.54) is 0 Å². The Morgan fingerprint density at radius 3 is 2.88 bits per heavy atom. The summed E-state index contributed by atoms with van der Waals surface area (Å²) in [6.07, 6.45) is 4.00. The van der Waals surface area contributed by atoms with Gasteiger partial charge in [0.15, 0.2) is 0 Å². The number of aliphatic carboxylic acids is 1. The number of fused-ring (bicyclic) bond motifs is 1. The summed E-state index contributed by atoms with van der Waals surface area (Å²) in [5, 5.41) is 14.6. The Morgan fingerprint density at radius 1 is 1.38 bits per heavy atom. The first kappa shape index (κ1) is 17.1. The van der Waals surface area contributed by atoms with Crippen LogP contribution in [0.2, 0.25) is 5.02 Å². The number of halogens is 1. The highest BCUT2D eigenvalue weighted by Gasteiger charge is 2.56. The third-order valence-corrected chi connectivity index (χ3v) is 6.11. The fraction of sp³-hybridized carbons (Fsp3) is 0.421. The summed E-state index contributed by atoms with van der Waals surface area (Å²) in [5.74, 6) is -0.875. The molecule has 0 unspecified atom stereocenters. The van der Waals surface area contributed by atoms with E-state index in [2.05, 4.69) is 5.10 Å². The molecule has 1 aromatic heterocycles. The lowest BCUT2D eigenvalue weighted by Gasteiger charge is -2.23. The van der Waals surface area contributed by atoms with Gasteiger partial charge in [-0.25, -0.2) is 4.68 Å². The van der Waals surface area contributed by atoms with Crippen LogP contribution in [-0.2, 0) is 4.79 Å². The summed E-state index contributed by atoms with van der Waals surface area (Å²) in [6.45, 7) is 2.63. The summed E-state index contributed by atoms with van der Waals surface area (Å²) in [7, 11) is 0. The summed E-state index contributed by atoms with van der Waals surface area (Å²) in [4.78, 5) is 26.5. The molecule has 1 aliphatic heterocycles. The van der Waals surface area contributed by atoms with E-state index in [-0.39, 0.29) is 18.4 Å². The van der Waals surface area contributed by atoms with Crippen molar-refractivity contribution in [1.82, 2.24) is 14.7 Å². The fourth-order valence-electron chi connectivity index (χ4n) is 4.45. The van der Waals surface area contributed by atoms with Crippen LogP contribution in [0.3, 0.4) is 0 Å². The zero-order chi connectivity index (χ0) is 18.5. The molecule has 2 atom stereocenters. The summed E-state index contributed by atoms with van der Waals surface area (Å²) in [5.41, 5.74) is 1.24. The van der Waals surface area contributed by atoms with Gasteiger partial charge in [0.05, 0.1) is 28.6 Å². The molecule has 26 heavy (non-hydrogen) atoms. The predicted octanol–water partition coefficient (Wildman–Crippen LogP) is 3.16. The highest BCUT2D eigenvalue weighted by molar-refractivity contribution is 6.30. The average molecular weight is 374 g/mol. The van der Waals surface area contributed by atoms with Gasteiger partial charge >= 0.3 is 5.97 Å². The fourth-order valence-corrected chi connectivity index (χ4v) is 4.64. The highest BCUT2D eigenvalue weighted by Crippen LogP contribution is 2.49. The Bertz CT molecular complexity index is 894. The van der Waals surface area contributed by atoms with Gasteiger partial charge < -0.3 is 10.0 Å². The lowest BCUT2D eigenvalue weighted by Crippen LogP contribution is -2.37. The van der Waals surface area contributed by atoms with Crippen molar-refractivity contribution in [1.29, 1.82) is 0 Å². The van der Waals surface area contributed by atoms with E-state index in [1.807, 2.05) is 19.1 Å². The molecule has 4 rings (SSSR count). The van der Waals surface area contributed by atoms with Crippen LogP contribution >= 0.6 is 11.6 Å². The first-order valence-electron chi connectivity index (χ1n) is 8.75. The number of rotatable bonds is 3. The zero-order valence-electron chi connectivity index (χ0n) is 14.5. The molecule has 7 heteroatoms. The quantitative estimate of drug-likeness (QED) is 0.896. The van der Waals surface area contributed by atoms with Gasteiger partial charge in [-0.2, -0.15) is 5.10 Å². The van der Waals surface area contributed by atoms with Gasteiger partial charge in [-0.05, 0) is 43.9 Å². The molecule has 1 aromatic carbocycles. The summed E-state index contributed by atoms with van der Waals surface area (Å²) < 4.78 is 1.68. The van der Waals surface area contributed by atoms with E-state index in [4.69, 9.17) is 11.6 Å². The van der Waals surface area contributed by atoms with Crippen molar-refractivity contribution in [3.8, 4) is 5.69 Å². The second-order valence-electron chi connectivity index (χ2n) is 7.27. The number of carboxylic acid groups (broad SMARTS) is 1. The van der Waals surface area contributed by atoms with Gasteiger partial charge in [0.2, 0.25) is 0 Å². The standard InChI is InChI=1S/C19H20ClN3O3/c1-12-16(9-21-23(12)15-6-2-5-14(20)8-15)17(24)22-10-13-4-3-7-19(13,11-22)18(25)26/h2,5-6,8-9,13H,3-4,7,10-11H2,1H3,(H,25,26)/t13-,19+/m0/s1. The van der Waals surface area contributed by atoms with Gasteiger partial charge in [0.25, 0.3) is 5.91 Å². The van der Waals surface area contributed by atoms with Gasteiger partial charge in [-0.1, -0.05) is 24.1 Å². The predicted molar refractivity (Wildman–Crippen MR) is 96.6 cm³/mol. The number of amides is 1. The van der Waals surface area contributed by atoms with Crippen molar-refractivity contribution in [3.05, 3.63) is 46.7 Å². The number of carboxylic acids is 1. The molecule has 1 aliphatic carbocycles. The van der Waals surface area contributed by atoms with Gasteiger partial charge in [0.1, 0.15) is 0 Å². The molecule has 0 spiro atoms. The molecule has 1 N–H and O–H groups in total. The minimum absolute atomic E-state index is 0.0484. The maximum atomic E-state index is 13.0. The molecule has 2 fully saturated rings. The van der Waals surface area contributed by atoms with Crippen molar-refractivity contribution in [3.63, 3.8) is 0 Å². The average Bonchev–Trinajstić information content (AvgIpc) is 3.26. The van der Waals surface area contributed by atoms with Crippen LogP contribution < -0.4 is 0 Å². The molecule has 1 amide bonds. The number of benzene rings is 1. The normalized spacial score (nSPS) is 24.7. The number of nitrogens with zero attached hydrogens (tertiary/aromatic N) is 3. The van der Waals surface area contributed by atoms with Crippen LogP contribution in [0, 0.1) is 18.3 Å². The first-order chi connectivity index (χ1) is 12.4. The molecule has 0 radical (unpaired) electrons. The van der Waals surface area contributed by atoms with Crippen LogP contribution in [0.15, 0.2) is 30.5 Å². The minimum Gasteiger partial charge on any atom is -0.481 e. The smallest absolute Gasteiger partial charge is 0.311 e. The number of carbonyl (C=O) groups is 2. The number of hydrogen-bond acceptors (Lipinski definition) is 3. The maximum absolute atomic E-state index is 13.0. The number of hydrogen-bond donors (Lipinski definition) is 1. The Morgan fingerprint density at radius 2 is 2.19 bits per heavy atom. The Labute approximate surface area is 156 Å². The molecular weight excluding hydrogens is 354 g/mol. The third-order valence-electron chi connectivity index (χ3n) is 5.88. The minimum atomic E-state index is -0.776. The lowest BCUT2D eigenvalue weighted by molar-refractivity contribution is -0.149. The van der Waals surface area contributed by atoms with Crippen LogP contribution in [0.1, 0.15) is 35.3 Å². The highest BCUT2D eigenvalue weighted by atomic mass is 35.5. The Balaban J connectivity index is 1.61. The van der Waals surface area contributed by atoms with Crippen molar-refractivity contribution in [2.75, 3.05) is 13.1 Å². The van der Waals surface area contributed by atoms with Crippen molar-refractivity contribution in [2.45, 2.75) is 26.2 Å². The van der Waals surface area contributed by atoms with Crippen molar-refractivity contribution >= 4 is 23.5 Å². The van der Waals surface area contributed by atoms with Crippen LogP contribution in [0.25, 0.3) is 5.69 Å². The van der Waals surface area contributed by atoms with E-state index in [0.717, 1.165) is 24.2 Å². The van der Waals surface area contributed by atoms with Crippen LogP contribution in [0.5, 0.6) is 0 Å². The van der Waals surface area contributed by atoms with Gasteiger partial charge in [-0.15, -0.1) is 0 Å². The summed E-state index contributed by atoms with van der Waals surface area (Å²) in [6, 6.07) is 7.28. The molecule has 6 nitrogen and oxygen atoms in total. The van der Waals surface area contributed by atoms with Crippen molar-refractivity contribution < 1.29 is 14.7 Å². The molecule has 0 bridgehead atoms. The monoisotopic (exact) mass is 373 g/mol. The number of aromatic nitrogens is 2. The largest absolute Gasteiger partial charge is 0.481 e. The second-order valence-corrected chi connectivity index (χ2v) is 7.71. The second kappa shape index (κ2) is 6.13. The maximum Gasteiger partial charge on any atom is 0.311 e. The van der Waals surface area contributed by atoms with E-state index in [9.17, 15) is 14.7 Å². The van der Waals surface area contributed by atoms with Crippen LogP contribution in [-0.4, -0.2) is 44.8 Å². The first-order valence-corrected chi connectivity index (χ1v) is 9.13. The molecule has 2 aliphatic rings. The molecule has 2 heterocycles. The Kier molecular flexibility index (Phi) is 4.03. The lowest BCUT2D eigenvalue weighted by atomic mass is 9.81. The molecule has 1 saturated heterocycles. The van der Waals surface area contributed by atoms with Gasteiger partial charge in [0, 0.05) is 18.1 Å². The van der Waals surface area contributed by atoms with E-state index in [1.54, 1.807) is 27.9 Å². The Hall–Kier alpha value is -2.34. The molecular formula is C19H20ClN3O3. The van der Waals surface area contributed by atoms with Crippen LogP contribution in [0.4, 0.5) is 0 Å². The van der Waals surface area contributed by atoms with E-state index < -0.39 is 11.4 Å². The topological polar surface area (TPSA) is 75.4 Å². The molecule has 2 aromatic rings. The van der Waals surface area contributed by atoms with Gasteiger partial charge in [-0.3, -0.25) is 9.59 Å². The molecule has 1 saturated carbocycles. The third kappa shape index (κ3) is 2.51. The SMILES string of the molecule is Cc1c(C(=O)N2C[C@@H]3CCC[C@@]3(C(=O)O)C2)cnn1-c1cccc(Cl)c1. The summed E-state index contributed by atoms with van der Waals surface area (Å²) >= 11 is 6.05. The van der Waals surface area contributed by atoms with E-state index >= 15 is 0 Å². The molecule has 136 valence electrons. The zero-order valence-corrected chi connectivity index (χ0v) is 15.2. The number of likely N-dealkylation sites (tertiary alicyclic amines) is 1. The number of carbonyl (C=O) groups excluding carboxylic acids is 1. The van der Waals surface area contributed by atoms with Crippen molar-refractivity contribution in [2.24, 2.45) is 11.3 Å².